The highest BCUT2D eigenvalue weighted by atomic mass is 32.1. The summed E-state index contributed by atoms with van der Waals surface area (Å²) < 4.78 is 9.09. The Morgan fingerprint density at radius 1 is 1.17 bits per heavy atom. The lowest BCUT2D eigenvalue weighted by Crippen LogP contribution is -2.41. The van der Waals surface area contributed by atoms with Crippen LogP contribution in [0.1, 0.15) is 53.1 Å². The number of hydrogen-bond acceptors (Lipinski definition) is 9. The number of rotatable bonds is 6. The number of amides is 1. The van der Waals surface area contributed by atoms with Gasteiger partial charge in [-0.3, -0.25) is 19.3 Å². The molecule has 0 saturated carbocycles. The van der Waals surface area contributed by atoms with Crippen LogP contribution >= 0.6 is 11.3 Å². The molecule has 5 heterocycles. The molecule has 1 N–H and O–H groups in total. The molecule has 11 nitrogen and oxygen atoms in total. The molecule has 0 radical (unpaired) electrons. The Labute approximate surface area is 240 Å². The predicted octanol–water partition coefficient (Wildman–Crippen LogP) is 4.00. The van der Waals surface area contributed by atoms with E-state index in [4.69, 9.17) is 4.74 Å². The van der Waals surface area contributed by atoms with E-state index in [0.717, 1.165) is 17.8 Å². The standard InChI is InChI=1S/C29H31N7O4S/c1-16-32-33-28(41-16)31-22-10-19(14-34(5)26(22)38)20-6-7-30-25(21(20)15-40-17(2)37)36-9-8-35-23(27(36)39)11-18-12-29(3,4)13-24(18)35/h6-7,10-11,14H,8-9,12-13,15H2,1-5H3,(H,31,33). The van der Waals surface area contributed by atoms with Crippen molar-refractivity contribution in [3.05, 3.63) is 68.5 Å². The second-order valence-corrected chi connectivity index (χ2v) is 12.6. The van der Waals surface area contributed by atoms with E-state index in [0.29, 0.717) is 52.1 Å². The first-order valence-corrected chi connectivity index (χ1v) is 14.2. The number of carbonyl (C=O) groups excluding carboxylic acids is 2. The van der Waals surface area contributed by atoms with Crippen LogP contribution in [0.25, 0.3) is 11.1 Å². The number of carbonyl (C=O) groups is 2. The first-order chi connectivity index (χ1) is 19.5. The van der Waals surface area contributed by atoms with Gasteiger partial charge in [0.1, 0.15) is 28.8 Å². The highest BCUT2D eigenvalue weighted by Crippen LogP contribution is 2.40. The number of aromatic nitrogens is 5. The Bertz CT molecular complexity index is 1770. The van der Waals surface area contributed by atoms with Crippen molar-refractivity contribution in [2.24, 2.45) is 12.5 Å². The zero-order valence-corrected chi connectivity index (χ0v) is 24.5. The molecule has 0 aromatic carbocycles. The third-order valence-electron chi connectivity index (χ3n) is 7.60. The van der Waals surface area contributed by atoms with E-state index in [-0.39, 0.29) is 23.5 Å². The highest BCUT2D eigenvalue weighted by Gasteiger charge is 2.37. The summed E-state index contributed by atoms with van der Waals surface area (Å²) in [5, 5.41) is 12.4. The summed E-state index contributed by atoms with van der Waals surface area (Å²) in [5.74, 6) is -0.144. The number of nitrogens with one attached hydrogen (secondary N) is 1. The van der Waals surface area contributed by atoms with Gasteiger partial charge in [-0.25, -0.2) is 4.98 Å². The molecule has 1 amide bonds. The molecule has 0 saturated heterocycles. The first-order valence-electron chi connectivity index (χ1n) is 13.4. The van der Waals surface area contributed by atoms with Crippen molar-refractivity contribution >= 4 is 39.9 Å². The van der Waals surface area contributed by atoms with Crippen molar-refractivity contribution in [3.8, 4) is 11.1 Å². The molecule has 4 aromatic rings. The van der Waals surface area contributed by atoms with E-state index in [2.05, 4.69) is 38.9 Å². The number of esters is 1. The Morgan fingerprint density at radius 3 is 2.71 bits per heavy atom. The Hall–Kier alpha value is -4.32. The quantitative estimate of drug-likeness (QED) is 0.343. The summed E-state index contributed by atoms with van der Waals surface area (Å²) in [7, 11) is 1.67. The number of pyridine rings is 2. The van der Waals surface area contributed by atoms with Gasteiger partial charge >= 0.3 is 5.97 Å². The SMILES string of the molecule is CC(=O)OCc1c(-c2cc(Nc3nnc(C)s3)c(=O)n(C)c2)ccnc1N1CCn2c(cc3c2CC(C)(C)C3)C1=O. The number of nitrogens with zero attached hydrogens (tertiary/aromatic N) is 6. The number of ether oxygens (including phenoxy) is 1. The number of aryl methyl sites for hydroxylation is 2. The van der Waals surface area contributed by atoms with Gasteiger partial charge in [0.05, 0.1) is 0 Å². The van der Waals surface area contributed by atoms with Crippen molar-refractivity contribution in [1.82, 2.24) is 24.3 Å². The molecule has 1 aliphatic heterocycles. The number of fused-ring (bicyclic) bond motifs is 3. The molecule has 4 aromatic heterocycles. The smallest absolute Gasteiger partial charge is 0.302 e. The fourth-order valence-electron chi connectivity index (χ4n) is 5.82. The molecule has 2 aliphatic rings. The van der Waals surface area contributed by atoms with E-state index in [9.17, 15) is 14.4 Å². The average Bonchev–Trinajstić information content (AvgIpc) is 3.57. The van der Waals surface area contributed by atoms with Crippen LogP contribution < -0.4 is 15.8 Å². The van der Waals surface area contributed by atoms with E-state index in [1.807, 2.05) is 13.0 Å². The molecule has 6 rings (SSSR count). The van der Waals surface area contributed by atoms with Gasteiger partial charge in [0.25, 0.3) is 11.5 Å². The molecule has 0 atom stereocenters. The normalized spacial score (nSPS) is 15.5. The summed E-state index contributed by atoms with van der Waals surface area (Å²) in [5.41, 5.74) is 5.39. The Balaban J connectivity index is 1.42. The van der Waals surface area contributed by atoms with Crippen LogP contribution in [0.15, 0.2) is 35.4 Å². The van der Waals surface area contributed by atoms with Crippen LogP contribution in [-0.4, -0.2) is 42.7 Å². The topological polar surface area (TPSA) is 124 Å². The van der Waals surface area contributed by atoms with Crippen LogP contribution in [0.4, 0.5) is 16.6 Å². The Morgan fingerprint density at radius 2 is 1.98 bits per heavy atom. The van der Waals surface area contributed by atoms with Crippen molar-refractivity contribution in [2.45, 2.75) is 53.7 Å². The molecule has 41 heavy (non-hydrogen) atoms. The second-order valence-electron chi connectivity index (χ2n) is 11.4. The number of hydrogen-bond donors (Lipinski definition) is 1. The van der Waals surface area contributed by atoms with E-state index < -0.39 is 5.97 Å². The third kappa shape index (κ3) is 4.92. The van der Waals surface area contributed by atoms with Gasteiger partial charge in [-0.2, -0.15) is 0 Å². The molecule has 0 unspecified atom stereocenters. The van der Waals surface area contributed by atoms with Crippen molar-refractivity contribution < 1.29 is 14.3 Å². The lowest BCUT2D eigenvalue weighted by Gasteiger charge is -2.31. The van der Waals surface area contributed by atoms with E-state index >= 15 is 0 Å². The molecule has 0 spiro atoms. The highest BCUT2D eigenvalue weighted by molar-refractivity contribution is 7.15. The molecule has 12 heteroatoms. The van der Waals surface area contributed by atoms with Crippen molar-refractivity contribution in [1.29, 1.82) is 0 Å². The molecule has 0 bridgehead atoms. The maximum atomic E-state index is 13.9. The minimum atomic E-state index is -0.446. The second kappa shape index (κ2) is 9.95. The largest absolute Gasteiger partial charge is 0.461 e. The summed E-state index contributed by atoms with van der Waals surface area (Å²) in [6.45, 7) is 8.70. The van der Waals surface area contributed by atoms with Gasteiger partial charge in [-0.1, -0.05) is 25.2 Å². The van der Waals surface area contributed by atoms with Crippen molar-refractivity contribution in [3.63, 3.8) is 0 Å². The van der Waals surface area contributed by atoms with E-state index in [1.54, 1.807) is 36.5 Å². The van der Waals surface area contributed by atoms with Gasteiger partial charge in [-0.15, -0.1) is 10.2 Å². The minimum absolute atomic E-state index is 0.0789. The maximum absolute atomic E-state index is 13.9. The monoisotopic (exact) mass is 573 g/mol. The van der Waals surface area contributed by atoms with Gasteiger partial charge in [-0.05, 0) is 54.5 Å². The van der Waals surface area contributed by atoms with Gasteiger partial charge in [0.15, 0.2) is 0 Å². The zero-order valence-electron chi connectivity index (χ0n) is 23.6. The molecule has 1 aliphatic carbocycles. The van der Waals surface area contributed by atoms with Crippen LogP contribution in [-0.2, 0) is 42.6 Å². The zero-order chi connectivity index (χ0) is 29.1. The summed E-state index contributed by atoms with van der Waals surface area (Å²) >= 11 is 1.34. The lowest BCUT2D eigenvalue weighted by molar-refractivity contribution is -0.142. The molecular weight excluding hydrogens is 542 g/mol. The summed E-state index contributed by atoms with van der Waals surface area (Å²) in [6.07, 6.45) is 5.24. The van der Waals surface area contributed by atoms with Crippen LogP contribution in [0.3, 0.4) is 0 Å². The molecular formula is C29H31N7O4S. The van der Waals surface area contributed by atoms with Crippen LogP contribution in [0, 0.1) is 12.3 Å². The maximum Gasteiger partial charge on any atom is 0.302 e. The van der Waals surface area contributed by atoms with Crippen LogP contribution in [0.5, 0.6) is 0 Å². The molecule has 0 fully saturated rings. The summed E-state index contributed by atoms with van der Waals surface area (Å²) in [4.78, 5) is 45.0. The van der Waals surface area contributed by atoms with E-state index in [1.165, 1.54) is 34.1 Å². The van der Waals surface area contributed by atoms with Gasteiger partial charge in [0.2, 0.25) is 5.13 Å². The van der Waals surface area contributed by atoms with Crippen LogP contribution in [0.2, 0.25) is 0 Å². The fourth-order valence-corrected chi connectivity index (χ4v) is 6.43. The van der Waals surface area contributed by atoms with Gasteiger partial charge in [0, 0.05) is 56.3 Å². The fraction of sp³-hybridized carbons (Fsp3) is 0.379. The predicted molar refractivity (Wildman–Crippen MR) is 156 cm³/mol. The Kier molecular flexibility index (Phi) is 6.52. The van der Waals surface area contributed by atoms with Crippen molar-refractivity contribution in [2.75, 3.05) is 16.8 Å². The molecule has 212 valence electrons. The summed E-state index contributed by atoms with van der Waals surface area (Å²) in [6, 6.07) is 5.55. The number of anilines is 3. The van der Waals surface area contributed by atoms with Gasteiger partial charge < -0.3 is 19.2 Å². The lowest BCUT2D eigenvalue weighted by atomic mass is 9.90. The average molecular weight is 574 g/mol. The third-order valence-corrected chi connectivity index (χ3v) is 8.35. The first kappa shape index (κ1) is 26.9. The minimum Gasteiger partial charge on any atom is -0.461 e.